The average molecular weight is 313 g/mol. The summed E-state index contributed by atoms with van der Waals surface area (Å²) < 4.78 is 6.51. The third-order valence-electron chi connectivity index (χ3n) is 2.22. The molecule has 0 unspecified atom stereocenters. The molecular weight excluding hydrogens is 301 g/mol. The highest BCUT2D eigenvalue weighted by atomic mass is 127. The number of nitrogens with one attached hydrogen (secondary N) is 1. The molecule has 0 saturated heterocycles. The van der Waals surface area contributed by atoms with Crippen molar-refractivity contribution in [3.8, 4) is 0 Å². The second kappa shape index (κ2) is 4.70. The minimum absolute atomic E-state index is 0.731. The molecule has 2 aromatic rings. The Morgan fingerprint density at radius 3 is 2.87 bits per heavy atom. The van der Waals surface area contributed by atoms with E-state index in [1.165, 1.54) is 9.13 Å². The molecule has 1 aromatic carbocycles. The highest BCUT2D eigenvalue weighted by Crippen LogP contribution is 2.18. The van der Waals surface area contributed by atoms with Gasteiger partial charge in [0.25, 0.3) is 0 Å². The van der Waals surface area contributed by atoms with Gasteiger partial charge in [-0.05, 0) is 65.4 Å². The lowest BCUT2D eigenvalue weighted by molar-refractivity contribution is 0.518. The van der Waals surface area contributed by atoms with Gasteiger partial charge in [-0.1, -0.05) is 0 Å². The molecule has 0 amide bonds. The van der Waals surface area contributed by atoms with E-state index in [-0.39, 0.29) is 0 Å². The first-order chi connectivity index (χ1) is 7.25. The third kappa shape index (κ3) is 2.75. The molecule has 0 atom stereocenters. The van der Waals surface area contributed by atoms with Crippen LogP contribution in [0.25, 0.3) is 0 Å². The molecule has 1 aromatic heterocycles. The van der Waals surface area contributed by atoms with Gasteiger partial charge in [-0.25, -0.2) is 0 Å². The number of aryl methyl sites for hydroxylation is 1. The monoisotopic (exact) mass is 313 g/mol. The Bertz CT molecular complexity index is 437. The molecule has 2 nitrogen and oxygen atoms in total. The van der Waals surface area contributed by atoms with E-state index in [0.29, 0.717) is 0 Å². The molecule has 0 fully saturated rings. The second-order valence-electron chi connectivity index (χ2n) is 3.39. The normalized spacial score (nSPS) is 10.3. The maximum atomic E-state index is 5.25. The van der Waals surface area contributed by atoms with E-state index in [0.717, 1.165) is 18.0 Å². The minimum atomic E-state index is 0.731. The van der Waals surface area contributed by atoms with E-state index in [1.807, 2.05) is 12.1 Å². The Labute approximate surface area is 103 Å². The average Bonchev–Trinajstić information content (AvgIpc) is 2.69. The van der Waals surface area contributed by atoms with Crippen molar-refractivity contribution in [2.45, 2.75) is 13.5 Å². The SMILES string of the molecule is Cc1cc(I)ccc1NCc1ccco1. The van der Waals surface area contributed by atoms with Crippen molar-refractivity contribution >= 4 is 28.3 Å². The van der Waals surface area contributed by atoms with Crippen molar-refractivity contribution in [1.82, 2.24) is 0 Å². The van der Waals surface area contributed by atoms with E-state index in [1.54, 1.807) is 6.26 Å². The van der Waals surface area contributed by atoms with Gasteiger partial charge in [0.05, 0.1) is 12.8 Å². The van der Waals surface area contributed by atoms with Gasteiger partial charge in [0, 0.05) is 9.26 Å². The molecule has 0 spiro atoms. The molecule has 0 aliphatic rings. The summed E-state index contributed by atoms with van der Waals surface area (Å²) in [5, 5.41) is 3.35. The van der Waals surface area contributed by atoms with Crippen molar-refractivity contribution in [2.75, 3.05) is 5.32 Å². The molecular formula is C12H12INO. The summed E-state index contributed by atoms with van der Waals surface area (Å²) in [6.07, 6.45) is 1.69. The van der Waals surface area contributed by atoms with Crippen LogP contribution >= 0.6 is 22.6 Å². The maximum absolute atomic E-state index is 5.25. The molecule has 15 heavy (non-hydrogen) atoms. The molecule has 1 heterocycles. The second-order valence-corrected chi connectivity index (χ2v) is 4.64. The number of benzene rings is 1. The molecule has 0 saturated carbocycles. The highest BCUT2D eigenvalue weighted by Gasteiger charge is 1.99. The summed E-state index contributed by atoms with van der Waals surface area (Å²) in [6, 6.07) is 10.2. The topological polar surface area (TPSA) is 25.2 Å². The summed E-state index contributed by atoms with van der Waals surface area (Å²) in [7, 11) is 0. The van der Waals surface area contributed by atoms with Crippen molar-refractivity contribution in [1.29, 1.82) is 0 Å². The smallest absolute Gasteiger partial charge is 0.122 e. The van der Waals surface area contributed by atoms with Crippen LogP contribution in [0.15, 0.2) is 41.0 Å². The fourth-order valence-corrected chi connectivity index (χ4v) is 2.07. The predicted octanol–water partition coefficient (Wildman–Crippen LogP) is 3.80. The highest BCUT2D eigenvalue weighted by molar-refractivity contribution is 14.1. The van der Waals surface area contributed by atoms with E-state index in [9.17, 15) is 0 Å². The van der Waals surface area contributed by atoms with Crippen LogP contribution in [0.5, 0.6) is 0 Å². The Kier molecular flexibility index (Phi) is 3.30. The third-order valence-corrected chi connectivity index (χ3v) is 2.89. The van der Waals surface area contributed by atoms with Crippen LogP contribution < -0.4 is 5.32 Å². The number of anilines is 1. The Morgan fingerprint density at radius 1 is 1.33 bits per heavy atom. The van der Waals surface area contributed by atoms with Gasteiger partial charge in [0.15, 0.2) is 0 Å². The lowest BCUT2D eigenvalue weighted by Crippen LogP contribution is -1.99. The molecule has 0 bridgehead atoms. The predicted molar refractivity (Wildman–Crippen MR) is 69.9 cm³/mol. The fourth-order valence-electron chi connectivity index (χ4n) is 1.42. The molecule has 1 N–H and O–H groups in total. The van der Waals surface area contributed by atoms with E-state index >= 15 is 0 Å². The van der Waals surface area contributed by atoms with Crippen LogP contribution in [-0.4, -0.2) is 0 Å². The molecule has 0 aliphatic heterocycles. The molecule has 78 valence electrons. The lowest BCUT2D eigenvalue weighted by Gasteiger charge is -2.08. The van der Waals surface area contributed by atoms with Crippen LogP contribution in [0.3, 0.4) is 0 Å². The molecule has 0 aliphatic carbocycles. The van der Waals surface area contributed by atoms with Crippen LogP contribution in [0, 0.1) is 10.5 Å². The Hall–Kier alpha value is -0.970. The summed E-state index contributed by atoms with van der Waals surface area (Å²) in [5.74, 6) is 0.952. The number of furan rings is 1. The van der Waals surface area contributed by atoms with Gasteiger partial charge in [-0.2, -0.15) is 0 Å². The van der Waals surface area contributed by atoms with Crippen molar-refractivity contribution in [3.05, 3.63) is 51.5 Å². The molecule has 0 radical (unpaired) electrons. The zero-order valence-electron chi connectivity index (χ0n) is 8.46. The summed E-state index contributed by atoms with van der Waals surface area (Å²) >= 11 is 2.31. The first kappa shape index (κ1) is 10.5. The molecule has 3 heteroatoms. The summed E-state index contributed by atoms with van der Waals surface area (Å²) in [4.78, 5) is 0. The first-order valence-electron chi connectivity index (χ1n) is 4.78. The standard InChI is InChI=1S/C12H12INO/c1-9-7-10(13)4-5-12(9)14-8-11-3-2-6-15-11/h2-7,14H,8H2,1H3. The maximum Gasteiger partial charge on any atom is 0.122 e. The van der Waals surface area contributed by atoms with Gasteiger partial charge in [-0.15, -0.1) is 0 Å². The van der Waals surface area contributed by atoms with Crippen LogP contribution in [0.4, 0.5) is 5.69 Å². The summed E-state index contributed by atoms with van der Waals surface area (Å²) in [6.45, 7) is 2.83. The van der Waals surface area contributed by atoms with Gasteiger partial charge >= 0.3 is 0 Å². The van der Waals surface area contributed by atoms with Crippen molar-refractivity contribution < 1.29 is 4.42 Å². The van der Waals surface area contributed by atoms with E-state index in [2.05, 4.69) is 53.0 Å². The quantitative estimate of drug-likeness (QED) is 0.872. The van der Waals surface area contributed by atoms with E-state index in [4.69, 9.17) is 4.42 Å². The summed E-state index contributed by atoms with van der Waals surface area (Å²) in [5.41, 5.74) is 2.42. The van der Waals surface area contributed by atoms with Crippen LogP contribution in [0.1, 0.15) is 11.3 Å². The molecule has 2 rings (SSSR count). The Balaban J connectivity index is 2.05. The van der Waals surface area contributed by atoms with Gasteiger partial charge < -0.3 is 9.73 Å². The van der Waals surface area contributed by atoms with Gasteiger partial charge in [0.2, 0.25) is 0 Å². The zero-order chi connectivity index (χ0) is 10.7. The van der Waals surface area contributed by atoms with Crippen molar-refractivity contribution in [2.24, 2.45) is 0 Å². The Morgan fingerprint density at radius 2 is 2.20 bits per heavy atom. The van der Waals surface area contributed by atoms with Crippen molar-refractivity contribution in [3.63, 3.8) is 0 Å². The number of hydrogen-bond donors (Lipinski definition) is 1. The number of halogens is 1. The first-order valence-corrected chi connectivity index (χ1v) is 5.86. The number of rotatable bonds is 3. The van der Waals surface area contributed by atoms with Gasteiger partial charge in [0.1, 0.15) is 5.76 Å². The van der Waals surface area contributed by atoms with E-state index < -0.39 is 0 Å². The number of hydrogen-bond acceptors (Lipinski definition) is 2. The fraction of sp³-hybridized carbons (Fsp3) is 0.167. The van der Waals surface area contributed by atoms with Gasteiger partial charge in [-0.3, -0.25) is 0 Å². The minimum Gasteiger partial charge on any atom is -0.467 e. The van der Waals surface area contributed by atoms with Crippen LogP contribution in [-0.2, 0) is 6.54 Å². The zero-order valence-corrected chi connectivity index (χ0v) is 10.6. The largest absolute Gasteiger partial charge is 0.467 e. The lowest BCUT2D eigenvalue weighted by atomic mass is 10.2. The van der Waals surface area contributed by atoms with Crippen LogP contribution in [0.2, 0.25) is 0 Å².